The number of carbonyl (C=O) groups excluding carboxylic acids is 1. The Labute approximate surface area is 129 Å². The zero-order valence-electron chi connectivity index (χ0n) is 12.6. The number of halogens is 1. The summed E-state index contributed by atoms with van der Waals surface area (Å²) in [6.07, 6.45) is 3.01. The van der Waals surface area contributed by atoms with E-state index in [1.54, 1.807) is 0 Å². The van der Waals surface area contributed by atoms with E-state index in [9.17, 15) is 14.9 Å². The van der Waals surface area contributed by atoms with Crippen LogP contribution in [0.2, 0.25) is 5.02 Å². The normalized spacial score (nSPS) is 12.2. The van der Waals surface area contributed by atoms with Crippen LogP contribution >= 0.6 is 11.6 Å². The predicted octanol–water partition coefficient (Wildman–Crippen LogP) is 4.19. The summed E-state index contributed by atoms with van der Waals surface area (Å²) < 4.78 is 0. The van der Waals surface area contributed by atoms with E-state index in [0.717, 1.165) is 19.3 Å². The summed E-state index contributed by atoms with van der Waals surface area (Å²) in [6.45, 7) is 6.24. The molecule has 21 heavy (non-hydrogen) atoms. The maximum atomic E-state index is 12.1. The minimum absolute atomic E-state index is 0.00609. The zero-order chi connectivity index (χ0) is 16.0. The van der Waals surface area contributed by atoms with Crippen molar-refractivity contribution in [3.8, 4) is 0 Å². The largest absolute Gasteiger partial charge is 0.350 e. The van der Waals surface area contributed by atoms with Gasteiger partial charge in [0.25, 0.3) is 11.6 Å². The third-order valence-corrected chi connectivity index (χ3v) is 3.53. The van der Waals surface area contributed by atoms with Crippen molar-refractivity contribution in [2.75, 3.05) is 0 Å². The van der Waals surface area contributed by atoms with E-state index in [2.05, 4.69) is 19.2 Å². The predicted molar refractivity (Wildman–Crippen MR) is 83.7 cm³/mol. The van der Waals surface area contributed by atoms with Gasteiger partial charge >= 0.3 is 0 Å². The number of non-ortho nitro benzene ring substituents is 1. The van der Waals surface area contributed by atoms with E-state index in [0.29, 0.717) is 5.92 Å². The van der Waals surface area contributed by atoms with Crippen LogP contribution in [-0.4, -0.2) is 16.9 Å². The molecule has 1 atom stereocenters. The van der Waals surface area contributed by atoms with Crippen LogP contribution in [0, 0.1) is 16.0 Å². The van der Waals surface area contributed by atoms with Crippen LogP contribution in [0.5, 0.6) is 0 Å². The molecule has 0 saturated heterocycles. The van der Waals surface area contributed by atoms with Crippen LogP contribution in [0.3, 0.4) is 0 Å². The molecule has 0 aliphatic heterocycles. The Bertz CT molecular complexity index is 518. The molecule has 1 rings (SSSR count). The van der Waals surface area contributed by atoms with Crippen LogP contribution in [0.1, 0.15) is 50.4 Å². The van der Waals surface area contributed by atoms with Crippen LogP contribution in [0.25, 0.3) is 0 Å². The number of hydrogen-bond acceptors (Lipinski definition) is 3. The fourth-order valence-electron chi connectivity index (χ4n) is 2.01. The first-order valence-electron chi connectivity index (χ1n) is 7.06. The van der Waals surface area contributed by atoms with Gasteiger partial charge in [0.15, 0.2) is 0 Å². The first-order valence-corrected chi connectivity index (χ1v) is 7.44. The monoisotopic (exact) mass is 312 g/mol. The molecule has 1 unspecified atom stereocenters. The Hall–Kier alpha value is -1.62. The quantitative estimate of drug-likeness (QED) is 0.606. The number of rotatable bonds is 7. The summed E-state index contributed by atoms with van der Waals surface area (Å²) in [6, 6.07) is 3.87. The molecule has 0 fully saturated rings. The Morgan fingerprint density at radius 1 is 1.33 bits per heavy atom. The second-order valence-corrected chi connectivity index (χ2v) is 6.03. The summed E-state index contributed by atoms with van der Waals surface area (Å²) in [4.78, 5) is 22.3. The summed E-state index contributed by atoms with van der Waals surface area (Å²) in [5.74, 6) is 0.264. The topological polar surface area (TPSA) is 72.2 Å². The van der Waals surface area contributed by atoms with Gasteiger partial charge in [-0.15, -0.1) is 0 Å². The van der Waals surface area contributed by atoms with Crippen molar-refractivity contribution in [2.24, 2.45) is 5.92 Å². The second-order valence-electron chi connectivity index (χ2n) is 5.62. The molecule has 1 N–H and O–H groups in total. The molecule has 0 spiro atoms. The van der Waals surface area contributed by atoms with Crippen molar-refractivity contribution in [2.45, 2.75) is 46.1 Å². The smallest absolute Gasteiger partial charge is 0.270 e. The third-order valence-electron chi connectivity index (χ3n) is 3.20. The van der Waals surface area contributed by atoms with Gasteiger partial charge in [0.05, 0.1) is 15.5 Å². The van der Waals surface area contributed by atoms with Crippen LogP contribution in [-0.2, 0) is 0 Å². The van der Waals surface area contributed by atoms with Crippen LogP contribution in [0.4, 0.5) is 5.69 Å². The molecule has 1 aromatic carbocycles. The first kappa shape index (κ1) is 17.4. The molecule has 0 aliphatic rings. The molecule has 0 aliphatic carbocycles. The Balaban J connectivity index is 2.66. The van der Waals surface area contributed by atoms with Crippen molar-refractivity contribution < 1.29 is 9.72 Å². The van der Waals surface area contributed by atoms with Crippen molar-refractivity contribution in [1.82, 2.24) is 5.32 Å². The molecule has 1 amide bonds. The van der Waals surface area contributed by atoms with Crippen LogP contribution in [0.15, 0.2) is 18.2 Å². The number of nitrogens with one attached hydrogen (secondary N) is 1. The lowest BCUT2D eigenvalue weighted by Crippen LogP contribution is -2.32. The van der Waals surface area contributed by atoms with E-state index in [4.69, 9.17) is 11.6 Å². The molecule has 0 aromatic heterocycles. The van der Waals surface area contributed by atoms with Gasteiger partial charge in [-0.2, -0.15) is 0 Å². The SMILES string of the molecule is CC(C)CCCC(C)NC(=O)c1cc([N+](=O)[O-])ccc1Cl. The summed E-state index contributed by atoms with van der Waals surface area (Å²) in [5, 5.41) is 13.8. The standard InChI is InChI=1S/C15H21ClN2O3/c1-10(2)5-4-6-11(3)17-15(19)13-9-12(18(20)21)7-8-14(13)16/h7-11H,4-6H2,1-3H3,(H,17,19). The lowest BCUT2D eigenvalue weighted by molar-refractivity contribution is -0.384. The molecule has 0 radical (unpaired) electrons. The lowest BCUT2D eigenvalue weighted by atomic mass is 10.0. The molecular weight excluding hydrogens is 292 g/mol. The maximum absolute atomic E-state index is 12.1. The minimum Gasteiger partial charge on any atom is -0.350 e. The molecule has 5 nitrogen and oxygen atoms in total. The number of nitrogens with zero attached hydrogens (tertiary/aromatic N) is 1. The number of benzene rings is 1. The summed E-state index contributed by atoms with van der Waals surface area (Å²) >= 11 is 5.94. The van der Waals surface area contributed by atoms with Crippen LogP contribution < -0.4 is 5.32 Å². The van der Waals surface area contributed by atoms with Crippen molar-refractivity contribution in [3.63, 3.8) is 0 Å². The zero-order valence-corrected chi connectivity index (χ0v) is 13.3. The molecule has 0 heterocycles. The Morgan fingerprint density at radius 2 is 2.00 bits per heavy atom. The van der Waals surface area contributed by atoms with E-state index in [-0.39, 0.29) is 28.2 Å². The first-order chi connectivity index (χ1) is 9.81. The molecule has 1 aromatic rings. The van der Waals surface area contributed by atoms with Gasteiger partial charge in [-0.1, -0.05) is 38.3 Å². The molecule has 116 valence electrons. The van der Waals surface area contributed by atoms with Gasteiger partial charge in [0, 0.05) is 18.2 Å². The van der Waals surface area contributed by atoms with Crippen molar-refractivity contribution in [1.29, 1.82) is 0 Å². The minimum atomic E-state index is -0.542. The van der Waals surface area contributed by atoms with Gasteiger partial charge in [-0.25, -0.2) is 0 Å². The highest BCUT2D eigenvalue weighted by molar-refractivity contribution is 6.33. The highest BCUT2D eigenvalue weighted by atomic mass is 35.5. The van der Waals surface area contributed by atoms with Gasteiger partial charge in [0.1, 0.15) is 0 Å². The summed E-state index contributed by atoms with van der Waals surface area (Å²) in [7, 11) is 0. The fourth-order valence-corrected chi connectivity index (χ4v) is 2.21. The third kappa shape index (κ3) is 5.71. The number of hydrogen-bond donors (Lipinski definition) is 1. The number of nitro benzene ring substituents is 1. The van der Waals surface area contributed by atoms with Crippen molar-refractivity contribution in [3.05, 3.63) is 38.9 Å². The summed E-state index contributed by atoms with van der Waals surface area (Å²) in [5.41, 5.74) is -0.00131. The van der Waals surface area contributed by atoms with E-state index >= 15 is 0 Å². The maximum Gasteiger partial charge on any atom is 0.270 e. The van der Waals surface area contributed by atoms with Crippen molar-refractivity contribution >= 4 is 23.2 Å². The second kappa shape index (κ2) is 7.98. The molecule has 0 saturated carbocycles. The van der Waals surface area contributed by atoms with Gasteiger partial charge in [-0.3, -0.25) is 14.9 Å². The highest BCUT2D eigenvalue weighted by Crippen LogP contribution is 2.22. The molecular formula is C15H21ClN2O3. The van der Waals surface area contributed by atoms with Gasteiger partial charge in [0.2, 0.25) is 0 Å². The van der Waals surface area contributed by atoms with E-state index < -0.39 is 4.92 Å². The highest BCUT2D eigenvalue weighted by Gasteiger charge is 2.17. The number of carbonyl (C=O) groups is 1. The average Bonchev–Trinajstić information content (AvgIpc) is 2.38. The number of nitro groups is 1. The lowest BCUT2D eigenvalue weighted by Gasteiger charge is -2.15. The van der Waals surface area contributed by atoms with Gasteiger partial charge in [-0.05, 0) is 25.3 Å². The van der Waals surface area contributed by atoms with E-state index in [1.807, 2.05) is 6.92 Å². The van der Waals surface area contributed by atoms with Gasteiger partial charge < -0.3 is 5.32 Å². The Morgan fingerprint density at radius 3 is 2.57 bits per heavy atom. The van der Waals surface area contributed by atoms with E-state index in [1.165, 1.54) is 18.2 Å². The fraction of sp³-hybridized carbons (Fsp3) is 0.533. The molecule has 6 heteroatoms. The Kier molecular flexibility index (Phi) is 6.62. The average molecular weight is 313 g/mol. The number of amides is 1. The molecule has 0 bridgehead atoms.